The topological polar surface area (TPSA) is 75.8 Å². The second-order valence-electron chi connectivity index (χ2n) is 4.30. The average molecular weight is 267 g/mol. The third kappa shape index (κ3) is 3.46. The number of nitrogens with two attached hydrogens (primary N) is 1. The lowest BCUT2D eigenvalue weighted by atomic mass is 10.2. The van der Waals surface area contributed by atoms with Gasteiger partial charge in [0.05, 0.1) is 18.1 Å². The van der Waals surface area contributed by atoms with Crippen molar-refractivity contribution in [2.75, 3.05) is 24.6 Å². The molecular formula is C12H17N3O2S. The van der Waals surface area contributed by atoms with E-state index in [0.29, 0.717) is 25.6 Å². The molecular weight excluding hydrogens is 250 g/mol. The first kappa shape index (κ1) is 12.9. The van der Waals surface area contributed by atoms with Gasteiger partial charge in [0.1, 0.15) is 0 Å². The molecule has 1 saturated heterocycles. The molecule has 0 aromatic heterocycles. The quantitative estimate of drug-likeness (QED) is 0.615. The Bertz CT molecular complexity index is 512. The van der Waals surface area contributed by atoms with Crippen LogP contribution in [0.3, 0.4) is 0 Å². The summed E-state index contributed by atoms with van der Waals surface area (Å²) in [5, 5.41) is 0. The van der Waals surface area contributed by atoms with E-state index in [4.69, 9.17) is 5.73 Å². The van der Waals surface area contributed by atoms with Crippen molar-refractivity contribution in [3.8, 4) is 0 Å². The summed E-state index contributed by atoms with van der Waals surface area (Å²) in [6.07, 6.45) is 0. The van der Waals surface area contributed by atoms with Crippen LogP contribution in [0.2, 0.25) is 0 Å². The molecule has 0 saturated carbocycles. The molecule has 1 aromatic rings. The number of benzene rings is 1. The maximum absolute atomic E-state index is 11.3. The molecule has 2 rings (SSSR count). The SMILES string of the molecule is NC(=NCc1ccccc1)N1CCS(=O)(=O)CC1. The number of hydrogen-bond acceptors (Lipinski definition) is 3. The Hall–Kier alpha value is -1.56. The maximum Gasteiger partial charge on any atom is 0.191 e. The Morgan fingerprint density at radius 2 is 1.83 bits per heavy atom. The van der Waals surface area contributed by atoms with Gasteiger partial charge in [-0.25, -0.2) is 13.4 Å². The number of sulfone groups is 1. The van der Waals surface area contributed by atoms with E-state index in [1.54, 1.807) is 0 Å². The van der Waals surface area contributed by atoms with E-state index in [9.17, 15) is 8.42 Å². The van der Waals surface area contributed by atoms with Crippen molar-refractivity contribution in [3.05, 3.63) is 35.9 Å². The molecule has 0 amide bonds. The van der Waals surface area contributed by atoms with Crippen molar-refractivity contribution in [3.63, 3.8) is 0 Å². The first-order valence-corrected chi connectivity index (χ1v) is 7.68. The van der Waals surface area contributed by atoms with Crippen LogP contribution in [0.4, 0.5) is 0 Å². The van der Waals surface area contributed by atoms with E-state index in [0.717, 1.165) is 5.56 Å². The fraction of sp³-hybridized carbons (Fsp3) is 0.417. The Labute approximate surface area is 107 Å². The Morgan fingerprint density at radius 1 is 1.22 bits per heavy atom. The number of rotatable bonds is 2. The lowest BCUT2D eigenvalue weighted by Crippen LogP contribution is -2.47. The van der Waals surface area contributed by atoms with E-state index in [1.807, 2.05) is 35.2 Å². The molecule has 6 heteroatoms. The third-order valence-corrected chi connectivity index (χ3v) is 4.54. The summed E-state index contributed by atoms with van der Waals surface area (Å²) in [5.41, 5.74) is 6.95. The molecule has 1 aliphatic rings. The predicted octanol–water partition coefficient (Wildman–Crippen LogP) is 0.232. The highest BCUT2D eigenvalue weighted by Crippen LogP contribution is 2.05. The third-order valence-electron chi connectivity index (χ3n) is 2.93. The zero-order chi connectivity index (χ0) is 13.0. The first-order chi connectivity index (χ1) is 8.57. The monoisotopic (exact) mass is 267 g/mol. The van der Waals surface area contributed by atoms with Crippen molar-refractivity contribution in [2.45, 2.75) is 6.54 Å². The van der Waals surface area contributed by atoms with Crippen LogP contribution in [0.5, 0.6) is 0 Å². The van der Waals surface area contributed by atoms with Gasteiger partial charge in [-0.1, -0.05) is 30.3 Å². The molecule has 1 heterocycles. The smallest absolute Gasteiger partial charge is 0.191 e. The largest absolute Gasteiger partial charge is 0.370 e. The molecule has 0 radical (unpaired) electrons. The number of guanidine groups is 1. The van der Waals surface area contributed by atoms with E-state index >= 15 is 0 Å². The summed E-state index contributed by atoms with van der Waals surface area (Å²) < 4.78 is 22.6. The Balaban J connectivity index is 1.94. The molecule has 2 N–H and O–H groups in total. The highest BCUT2D eigenvalue weighted by Gasteiger charge is 2.22. The molecule has 98 valence electrons. The molecule has 0 unspecified atom stereocenters. The fourth-order valence-electron chi connectivity index (χ4n) is 1.80. The highest BCUT2D eigenvalue weighted by atomic mass is 32.2. The minimum Gasteiger partial charge on any atom is -0.370 e. The predicted molar refractivity (Wildman–Crippen MR) is 72.0 cm³/mol. The molecule has 0 aliphatic carbocycles. The first-order valence-electron chi connectivity index (χ1n) is 5.86. The molecule has 0 bridgehead atoms. The summed E-state index contributed by atoms with van der Waals surface area (Å²) in [5.74, 6) is 0.747. The van der Waals surface area contributed by atoms with Crippen LogP contribution in [0, 0.1) is 0 Å². The normalized spacial score (nSPS) is 19.8. The lowest BCUT2D eigenvalue weighted by Gasteiger charge is -2.27. The minimum atomic E-state index is -2.87. The minimum absolute atomic E-state index is 0.161. The number of aliphatic imine (C=N–C) groups is 1. The van der Waals surface area contributed by atoms with Crippen LogP contribution < -0.4 is 5.73 Å². The number of nitrogens with zero attached hydrogens (tertiary/aromatic N) is 2. The van der Waals surface area contributed by atoms with Gasteiger partial charge in [-0.15, -0.1) is 0 Å². The van der Waals surface area contributed by atoms with Gasteiger partial charge in [-0.2, -0.15) is 0 Å². The van der Waals surface area contributed by atoms with Gasteiger partial charge < -0.3 is 10.6 Å². The van der Waals surface area contributed by atoms with Crippen LogP contribution in [-0.4, -0.2) is 43.9 Å². The Kier molecular flexibility index (Phi) is 3.86. The average Bonchev–Trinajstić information content (AvgIpc) is 2.37. The van der Waals surface area contributed by atoms with Gasteiger partial charge >= 0.3 is 0 Å². The maximum atomic E-state index is 11.3. The van der Waals surface area contributed by atoms with E-state index in [-0.39, 0.29) is 11.5 Å². The van der Waals surface area contributed by atoms with Gasteiger partial charge in [0.25, 0.3) is 0 Å². The Morgan fingerprint density at radius 3 is 2.44 bits per heavy atom. The van der Waals surface area contributed by atoms with Gasteiger partial charge in [0.2, 0.25) is 0 Å². The standard InChI is InChI=1S/C12H17N3O2S/c13-12(14-10-11-4-2-1-3-5-11)15-6-8-18(16,17)9-7-15/h1-5H,6-10H2,(H2,13,14). The molecule has 5 nitrogen and oxygen atoms in total. The van der Waals surface area contributed by atoms with Crippen LogP contribution in [0.1, 0.15) is 5.56 Å². The van der Waals surface area contributed by atoms with E-state index < -0.39 is 9.84 Å². The second kappa shape index (κ2) is 5.39. The van der Waals surface area contributed by atoms with Crippen molar-refractivity contribution < 1.29 is 8.42 Å². The molecule has 1 aromatic carbocycles. The molecule has 1 fully saturated rings. The van der Waals surface area contributed by atoms with Gasteiger partial charge in [-0.3, -0.25) is 0 Å². The summed E-state index contributed by atoms with van der Waals surface area (Å²) in [6.45, 7) is 1.40. The molecule has 18 heavy (non-hydrogen) atoms. The van der Waals surface area contributed by atoms with Gasteiger partial charge in [-0.05, 0) is 5.56 Å². The zero-order valence-corrected chi connectivity index (χ0v) is 10.9. The fourth-order valence-corrected chi connectivity index (χ4v) is 3.00. The molecule has 1 aliphatic heterocycles. The summed E-state index contributed by atoms with van der Waals surface area (Å²) in [6, 6.07) is 9.82. The van der Waals surface area contributed by atoms with E-state index in [1.165, 1.54) is 0 Å². The van der Waals surface area contributed by atoms with Gasteiger partial charge in [0.15, 0.2) is 15.8 Å². The summed E-state index contributed by atoms with van der Waals surface area (Å²) in [4.78, 5) is 6.11. The summed E-state index contributed by atoms with van der Waals surface area (Å²) >= 11 is 0. The van der Waals surface area contributed by atoms with Crippen molar-refractivity contribution in [1.29, 1.82) is 0 Å². The zero-order valence-electron chi connectivity index (χ0n) is 10.1. The second-order valence-corrected chi connectivity index (χ2v) is 6.60. The van der Waals surface area contributed by atoms with E-state index in [2.05, 4.69) is 4.99 Å². The van der Waals surface area contributed by atoms with Crippen molar-refractivity contribution in [1.82, 2.24) is 4.90 Å². The van der Waals surface area contributed by atoms with Crippen LogP contribution in [0.15, 0.2) is 35.3 Å². The van der Waals surface area contributed by atoms with Crippen molar-refractivity contribution in [2.24, 2.45) is 10.7 Å². The van der Waals surface area contributed by atoms with Crippen LogP contribution in [0.25, 0.3) is 0 Å². The van der Waals surface area contributed by atoms with Crippen molar-refractivity contribution >= 4 is 15.8 Å². The number of hydrogen-bond donors (Lipinski definition) is 1. The van der Waals surface area contributed by atoms with Crippen LogP contribution in [-0.2, 0) is 16.4 Å². The highest BCUT2D eigenvalue weighted by molar-refractivity contribution is 7.91. The van der Waals surface area contributed by atoms with Gasteiger partial charge in [0, 0.05) is 13.1 Å². The summed E-state index contributed by atoms with van der Waals surface area (Å²) in [7, 11) is -2.87. The van der Waals surface area contributed by atoms with Crippen LogP contribution >= 0.6 is 0 Å². The molecule has 0 atom stereocenters. The lowest BCUT2D eigenvalue weighted by molar-refractivity contribution is 0.436. The molecule has 0 spiro atoms.